The van der Waals surface area contributed by atoms with Crippen molar-refractivity contribution in [3.63, 3.8) is 0 Å². The van der Waals surface area contributed by atoms with Gasteiger partial charge in [-0.25, -0.2) is 0 Å². The molecule has 0 saturated heterocycles. The van der Waals surface area contributed by atoms with Gasteiger partial charge in [0.15, 0.2) is 0 Å². The molecule has 1 heteroatoms. The Morgan fingerprint density at radius 3 is 2.25 bits per heavy atom. The number of benzene rings is 3. The molecule has 0 bridgehead atoms. The van der Waals surface area contributed by atoms with E-state index in [-0.39, 0.29) is 0 Å². The molecule has 3 rings (SSSR count). The predicted molar refractivity (Wildman–Crippen MR) is 104 cm³/mol. The van der Waals surface area contributed by atoms with Gasteiger partial charge in [-0.2, -0.15) is 0 Å². The lowest BCUT2D eigenvalue weighted by Crippen LogP contribution is -2.25. The minimum absolute atomic E-state index is 1.05. The molecule has 0 unspecified atom stereocenters. The van der Waals surface area contributed by atoms with Gasteiger partial charge in [-0.05, 0) is 60.3 Å². The lowest BCUT2D eigenvalue weighted by atomic mass is 10.1. The lowest BCUT2D eigenvalue weighted by molar-refractivity contribution is 0.263. The van der Waals surface area contributed by atoms with Crippen LogP contribution in [-0.2, 0) is 13.0 Å². The van der Waals surface area contributed by atoms with Crippen LogP contribution in [0.3, 0.4) is 0 Å². The Balaban J connectivity index is 1.59. The van der Waals surface area contributed by atoms with Crippen molar-refractivity contribution in [2.45, 2.75) is 32.7 Å². The van der Waals surface area contributed by atoms with Crippen molar-refractivity contribution < 1.29 is 0 Å². The first kappa shape index (κ1) is 16.7. The smallest absolute Gasteiger partial charge is 0.0233 e. The van der Waals surface area contributed by atoms with E-state index in [1.165, 1.54) is 47.7 Å². The summed E-state index contributed by atoms with van der Waals surface area (Å²) in [4.78, 5) is 2.59. The van der Waals surface area contributed by atoms with Crippen molar-refractivity contribution in [2.24, 2.45) is 0 Å². The Morgan fingerprint density at radius 1 is 0.708 bits per heavy atom. The number of aryl methyl sites for hydroxylation is 1. The van der Waals surface area contributed by atoms with Crippen LogP contribution < -0.4 is 0 Å². The van der Waals surface area contributed by atoms with Crippen LogP contribution in [0.4, 0.5) is 0 Å². The summed E-state index contributed by atoms with van der Waals surface area (Å²) in [6.45, 7) is 5.65. The summed E-state index contributed by atoms with van der Waals surface area (Å²) >= 11 is 0. The van der Waals surface area contributed by atoms with Crippen molar-refractivity contribution in [3.8, 4) is 0 Å². The number of fused-ring (bicyclic) bond motifs is 1. The van der Waals surface area contributed by atoms with Crippen molar-refractivity contribution in [3.05, 3.63) is 83.9 Å². The summed E-state index contributed by atoms with van der Waals surface area (Å²) < 4.78 is 0. The van der Waals surface area contributed by atoms with Gasteiger partial charge in [0.2, 0.25) is 0 Å². The van der Waals surface area contributed by atoms with E-state index in [0.717, 1.165) is 13.1 Å². The maximum absolute atomic E-state index is 2.59. The average Bonchev–Trinajstić information content (AvgIpc) is 2.63. The van der Waals surface area contributed by atoms with Gasteiger partial charge in [0, 0.05) is 6.54 Å². The SMILES string of the molecule is CCCN(CCCc1ccccc1)Cc1ccc2ccccc2c1. The molecule has 1 nitrogen and oxygen atoms in total. The number of hydrogen-bond acceptors (Lipinski definition) is 1. The minimum atomic E-state index is 1.05. The molecule has 0 fully saturated rings. The van der Waals surface area contributed by atoms with Crippen molar-refractivity contribution in [1.29, 1.82) is 0 Å². The third kappa shape index (κ3) is 4.69. The molecule has 0 saturated carbocycles. The highest BCUT2D eigenvalue weighted by molar-refractivity contribution is 5.82. The van der Waals surface area contributed by atoms with E-state index in [1.807, 2.05) is 0 Å². The highest BCUT2D eigenvalue weighted by Crippen LogP contribution is 2.17. The normalized spacial score (nSPS) is 11.2. The molecule has 3 aromatic rings. The topological polar surface area (TPSA) is 3.24 Å². The van der Waals surface area contributed by atoms with Crippen LogP contribution in [0.25, 0.3) is 10.8 Å². The second-order valence-electron chi connectivity index (χ2n) is 6.55. The largest absolute Gasteiger partial charge is 0.299 e. The van der Waals surface area contributed by atoms with E-state index in [9.17, 15) is 0 Å². The summed E-state index contributed by atoms with van der Waals surface area (Å²) in [6.07, 6.45) is 3.59. The first-order valence-corrected chi connectivity index (χ1v) is 9.09. The molecule has 0 N–H and O–H groups in total. The second kappa shape index (κ2) is 8.65. The van der Waals surface area contributed by atoms with E-state index < -0.39 is 0 Å². The number of nitrogens with zero attached hydrogens (tertiary/aromatic N) is 1. The Hall–Kier alpha value is -2.12. The highest BCUT2D eigenvalue weighted by atomic mass is 15.1. The molecule has 24 heavy (non-hydrogen) atoms. The third-order valence-corrected chi connectivity index (χ3v) is 4.54. The van der Waals surface area contributed by atoms with E-state index >= 15 is 0 Å². The Morgan fingerprint density at radius 2 is 1.46 bits per heavy atom. The van der Waals surface area contributed by atoms with E-state index in [1.54, 1.807) is 0 Å². The molecule has 3 aromatic carbocycles. The zero-order valence-electron chi connectivity index (χ0n) is 14.6. The predicted octanol–water partition coefficient (Wildman–Crippen LogP) is 5.68. The van der Waals surface area contributed by atoms with Crippen molar-refractivity contribution >= 4 is 10.8 Å². The van der Waals surface area contributed by atoms with E-state index in [2.05, 4.69) is 84.6 Å². The summed E-state index contributed by atoms with van der Waals surface area (Å²) in [7, 11) is 0. The second-order valence-corrected chi connectivity index (χ2v) is 6.55. The van der Waals surface area contributed by atoms with Gasteiger partial charge < -0.3 is 0 Å². The van der Waals surface area contributed by atoms with Gasteiger partial charge in [-0.1, -0.05) is 73.7 Å². The number of hydrogen-bond donors (Lipinski definition) is 0. The quantitative estimate of drug-likeness (QED) is 0.516. The average molecular weight is 317 g/mol. The van der Waals surface area contributed by atoms with Crippen LogP contribution in [0, 0.1) is 0 Å². The van der Waals surface area contributed by atoms with Crippen LogP contribution in [0.15, 0.2) is 72.8 Å². The molecular formula is C23H27N. The van der Waals surface area contributed by atoms with Gasteiger partial charge >= 0.3 is 0 Å². The molecule has 124 valence electrons. The third-order valence-electron chi connectivity index (χ3n) is 4.54. The van der Waals surface area contributed by atoms with Gasteiger partial charge in [0.05, 0.1) is 0 Å². The Bertz CT molecular complexity index is 748. The monoisotopic (exact) mass is 317 g/mol. The standard InChI is InChI=1S/C23H27N/c1-2-16-24(17-8-11-20-9-4-3-5-10-20)19-21-14-15-22-12-6-7-13-23(22)18-21/h3-7,9-10,12-15,18H,2,8,11,16-17,19H2,1H3. The van der Waals surface area contributed by atoms with Crippen LogP contribution in [0.1, 0.15) is 30.9 Å². The van der Waals surface area contributed by atoms with Crippen LogP contribution in [0.5, 0.6) is 0 Å². The first-order chi connectivity index (χ1) is 11.8. The first-order valence-electron chi connectivity index (χ1n) is 9.09. The summed E-state index contributed by atoms with van der Waals surface area (Å²) in [5, 5.41) is 2.67. The van der Waals surface area contributed by atoms with E-state index in [4.69, 9.17) is 0 Å². The molecule has 0 radical (unpaired) electrons. The molecule has 0 atom stereocenters. The van der Waals surface area contributed by atoms with Gasteiger partial charge in [0.1, 0.15) is 0 Å². The minimum Gasteiger partial charge on any atom is -0.299 e. The summed E-state index contributed by atoms with van der Waals surface area (Å²) in [6, 6.07) is 26.3. The maximum Gasteiger partial charge on any atom is 0.0233 e. The van der Waals surface area contributed by atoms with Crippen molar-refractivity contribution in [2.75, 3.05) is 13.1 Å². The fourth-order valence-corrected chi connectivity index (χ4v) is 3.33. The lowest BCUT2D eigenvalue weighted by Gasteiger charge is -2.22. The molecule has 0 aromatic heterocycles. The fourth-order valence-electron chi connectivity index (χ4n) is 3.33. The Labute approximate surface area is 145 Å². The van der Waals surface area contributed by atoms with Crippen molar-refractivity contribution in [1.82, 2.24) is 4.90 Å². The van der Waals surface area contributed by atoms with Gasteiger partial charge in [-0.3, -0.25) is 4.90 Å². The molecule has 0 heterocycles. The van der Waals surface area contributed by atoms with Gasteiger partial charge in [0.25, 0.3) is 0 Å². The van der Waals surface area contributed by atoms with Crippen LogP contribution >= 0.6 is 0 Å². The summed E-state index contributed by atoms with van der Waals surface area (Å²) in [5.74, 6) is 0. The molecule has 0 amide bonds. The summed E-state index contributed by atoms with van der Waals surface area (Å²) in [5.41, 5.74) is 2.86. The van der Waals surface area contributed by atoms with Gasteiger partial charge in [-0.15, -0.1) is 0 Å². The molecule has 0 aliphatic heterocycles. The maximum atomic E-state index is 2.59. The highest BCUT2D eigenvalue weighted by Gasteiger charge is 2.06. The molecule has 0 spiro atoms. The zero-order valence-corrected chi connectivity index (χ0v) is 14.6. The van der Waals surface area contributed by atoms with E-state index in [0.29, 0.717) is 0 Å². The molecule has 0 aliphatic rings. The Kier molecular flexibility index (Phi) is 6.03. The fraction of sp³-hybridized carbons (Fsp3) is 0.304. The number of rotatable bonds is 8. The zero-order chi connectivity index (χ0) is 16.6. The van der Waals surface area contributed by atoms with Crippen LogP contribution in [-0.4, -0.2) is 18.0 Å². The van der Waals surface area contributed by atoms with Crippen LogP contribution in [0.2, 0.25) is 0 Å². The molecular weight excluding hydrogens is 290 g/mol. The molecule has 0 aliphatic carbocycles.